The number of isothiocyanates is 1. The first-order valence-electron chi connectivity index (χ1n) is 4.92. The molecule has 0 saturated carbocycles. The van der Waals surface area contributed by atoms with Crippen molar-refractivity contribution < 1.29 is 13.6 Å². The van der Waals surface area contributed by atoms with Crippen molar-refractivity contribution in [3.63, 3.8) is 0 Å². The normalized spacial score (nSPS) is 13.2. The molecule has 0 radical (unpaired) electrons. The molecule has 0 aromatic heterocycles. The van der Waals surface area contributed by atoms with Gasteiger partial charge in [-0.05, 0) is 24.4 Å². The smallest absolute Gasteiger partial charge is 0.158 e. The summed E-state index contributed by atoms with van der Waals surface area (Å²) in [6.45, 7) is 0. The minimum atomic E-state index is -2.54. The van der Waals surface area contributed by atoms with E-state index < -0.39 is 7.04 Å². The average molecular weight is 198 g/mol. The van der Waals surface area contributed by atoms with E-state index in [-0.39, 0.29) is 11.4 Å². The Morgan fingerprint density at radius 3 is 2.69 bits per heavy atom. The zero-order valence-electron chi connectivity index (χ0n) is 9.90. The Labute approximate surface area is 86.2 Å². The molecule has 0 saturated heterocycles. The number of para-hydroxylation sites is 1. The molecule has 0 aliphatic rings. The standard InChI is InChI=1S/C9H9NO2S/c1-11-7-4-3-5-8(12-2)9(7)10-6-13/h3-5H,1-2H3/i1D3. The second-order valence-electron chi connectivity index (χ2n) is 2.11. The quantitative estimate of drug-likeness (QED) is 0.552. The predicted molar refractivity (Wildman–Crippen MR) is 54.2 cm³/mol. The Balaban J connectivity index is 3.22. The maximum absolute atomic E-state index is 7.01. The molecular formula is C9H9NO2S. The van der Waals surface area contributed by atoms with E-state index in [1.165, 1.54) is 13.2 Å². The number of nitrogens with zero attached hydrogens (tertiary/aromatic N) is 1. The number of rotatable bonds is 3. The van der Waals surface area contributed by atoms with Crippen molar-refractivity contribution in [2.75, 3.05) is 14.1 Å². The van der Waals surface area contributed by atoms with Gasteiger partial charge in [0.25, 0.3) is 0 Å². The molecule has 0 aliphatic carbocycles. The van der Waals surface area contributed by atoms with Gasteiger partial charge >= 0.3 is 0 Å². The zero-order chi connectivity index (χ0) is 12.2. The lowest BCUT2D eigenvalue weighted by Crippen LogP contribution is -1.87. The van der Waals surface area contributed by atoms with Crippen LogP contribution in [0.4, 0.5) is 5.69 Å². The van der Waals surface area contributed by atoms with Crippen molar-refractivity contribution in [1.29, 1.82) is 0 Å². The fraction of sp³-hybridized carbons (Fsp3) is 0.222. The van der Waals surface area contributed by atoms with E-state index in [1.54, 1.807) is 12.1 Å². The average Bonchev–Trinajstić information content (AvgIpc) is 2.18. The van der Waals surface area contributed by atoms with Crippen molar-refractivity contribution in [1.82, 2.24) is 0 Å². The fourth-order valence-electron chi connectivity index (χ4n) is 0.905. The maximum Gasteiger partial charge on any atom is 0.158 e. The molecule has 0 spiro atoms. The van der Waals surface area contributed by atoms with E-state index >= 15 is 0 Å². The SMILES string of the molecule is [2H]C([2H])([2H])Oc1cccc(OC)c1N=C=S. The highest BCUT2D eigenvalue weighted by Gasteiger charge is 2.06. The number of thiocarbonyl (C=S) groups is 1. The lowest BCUT2D eigenvalue weighted by atomic mass is 10.3. The molecule has 68 valence electrons. The van der Waals surface area contributed by atoms with Gasteiger partial charge in [-0.3, -0.25) is 0 Å². The Morgan fingerprint density at radius 2 is 2.15 bits per heavy atom. The highest BCUT2D eigenvalue weighted by molar-refractivity contribution is 7.78. The number of ether oxygens (including phenoxy) is 2. The Kier molecular flexibility index (Phi) is 2.17. The van der Waals surface area contributed by atoms with Crippen LogP contribution in [0.3, 0.4) is 0 Å². The van der Waals surface area contributed by atoms with Crippen LogP contribution < -0.4 is 9.47 Å². The highest BCUT2D eigenvalue weighted by atomic mass is 32.1. The molecule has 1 aromatic rings. The summed E-state index contributed by atoms with van der Waals surface area (Å²) in [5.74, 6) is 0.454. The van der Waals surface area contributed by atoms with Crippen molar-refractivity contribution in [2.45, 2.75) is 0 Å². The molecule has 0 unspecified atom stereocenters. The molecule has 0 aliphatic heterocycles. The fourth-order valence-corrected chi connectivity index (χ4v) is 0.996. The Hall–Kier alpha value is -1.38. The summed E-state index contributed by atoms with van der Waals surface area (Å²) in [7, 11) is -1.10. The second-order valence-corrected chi connectivity index (χ2v) is 2.29. The molecule has 1 rings (SSSR count). The molecule has 0 N–H and O–H groups in total. The predicted octanol–water partition coefficient (Wildman–Crippen LogP) is 2.44. The molecule has 4 heteroatoms. The zero-order valence-corrected chi connectivity index (χ0v) is 7.72. The third-order valence-electron chi connectivity index (χ3n) is 1.45. The second kappa shape index (κ2) is 4.60. The summed E-state index contributed by atoms with van der Waals surface area (Å²) >= 11 is 4.47. The summed E-state index contributed by atoms with van der Waals surface area (Å²) in [6.07, 6.45) is 0. The number of hydrogen-bond acceptors (Lipinski definition) is 4. The van der Waals surface area contributed by atoms with Crippen molar-refractivity contribution in [2.24, 2.45) is 4.99 Å². The van der Waals surface area contributed by atoms with Gasteiger partial charge in [0.05, 0.1) is 23.4 Å². The maximum atomic E-state index is 7.01. The van der Waals surface area contributed by atoms with Gasteiger partial charge in [0, 0.05) is 0 Å². The van der Waals surface area contributed by atoms with Gasteiger partial charge in [0.2, 0.25) is 0 Å². The van der Waals surface area contributed by atoms with Crippen LogP contribution in [0, 0.1) is 0 Å². The van der Waals surface area contributed by atoms with Crippen LogP contribution in [0.2, 0.25) is 0 Å². The molecule has 0 fully saturated rings. The van der Waals surface area contributed by atoms with Gasteiger partial charge in [0.1, 0.15) is 11.5 Å². The van der Waals surface area contributed by atoms with Crippen LogP contribution in [-0.4, -0.2) is 19.3 Å². The highest BCUT2D eigenvalue weighted by Crippen LogP contribution is 2.36. The first-order valence-corrected chi connectivity index (χ1v) is 3.82. The van der Waals surface area contributed by atoms with Gasteiger partial charge in [0.15, 0.2) is 5.69 Å². The minimum absolute atomic E-state index is 0.0803. The molecule has 0 amide bonds. The lowest BCUT2D eigenvalue weighted by molar-refractivity contribution is 0.397. The molecule has 3 nitrogen and oxygen atoms in total. The van der Waals surface area contributed by atoms with Crippen LogP contribution in [0.5, 0.6) is 11.5 Å². The summed E-state index contributed by atoms with van der Waals surface area (Å²) in [5.41, 5.74) is 0.219. The Bertz CT molecular complexity index is 427. The van der Waals surface area contributed by atoms with Gasteiger partial charge in [-0.1, -0.05) is 6.07 Å². The summed E-state index contributed by atoms with van der Waals surface area (Å²) in [6, 6.07) is 4.70. The first-order chi connectivity index (χ1) is 7.48. The van der Waals surface area contributed by atoms with E-state index in [0.29, 0.717) is 5.75 Å². The van der Waals surface area contributed by atoms with E-state index in [9.17, 15) is 0 Å². The van der Waals surface area contributed by atoms with Crippen molar-refractivity contribution in [3.8, 4) is 11.5 Å². The third kappa shape index (κ3) is 2.05. The van der Waals surface area contributed by atoms with Gasteiger partial charge in [-0.15, -0.1) is 0 Å². The Morgan fingerprint density at radius 1 is 1.46 bits per heavy atom. The summed E-state index contributed by atoms with van der Waals surface area (Å²) < 4.78 is 30.8. The monoisotopic (exact) mass is 198 g/mol. The van der Waals surface area contributed by atoms with Gasteiger partial charge < -0.3 is 9.47 Å². The van der Waals surface area contributed by atoms with Crippen molar-refractivity contribution >= 4 is 23.1 Å². The van der Waals surface area contributed by atoms with E-state index in [2.05, 4.69) is 22.4 Å². The largest absolute Gasteiger partial charge is 0.494 e. The van der Waals surface area contributed by atoms with Gasteiger partial charge in [-0.2, -0.15) is 4.99 Å². The topological polar surface area (TPSA) is 30.8 Å². The molecule has 0 heterocycles. The van der Waals surface area contributed by atoms with Crippen LogP contribution in [0.15, 0.2) is 23.2 Å². The molecule has 13 heavy (non-hydrogen) atoms. The van der Waals surface area contributed by atoms with E-state index in [4.69, 9.17) is 13.6 Å². The number of hydrogen-bond donors (Lipinski definition) is 0. The van der Waals surface area contributed by atoms with Crippen molar-refractivity contribution in [3.05, 3.63) is 18.2 Å². The van der Waals surface area contributed by atoms with Crippen LogP contribution in [0.1, 0.15) is 4.11 Å². The van der Waals surface area contributed by atoms with Crippen LogP contribution in [0.25, 0.3) is 0 Å². The number of methoxy groups -OCH3 is 2. The minimum Gasteiger partial charge on any atom is -0.494 e. The molecule has 0 atom stereocenters. The first kappa shape index (κ1) is 6.13. The molecular weight excluding hydrogens is 186 g/mol. The number of aliphatic imine (C=N–C) groups is 1. The van der Waals surface area contributed by atoms with Gasteiger partial charge in [-0.25, -0.2) is 0 Å². The number of benzene rings is 1. The summed E-state index contributed by atoms with van der Waals surface area (Å²) in [5, 5.41) is 2.15. The van der Waals surface area contributed by atoms with Crippen LogP contribution >= 0.6 is 12.2 Å². The third-order valence-corrected chi connectivity index (χ3v) is 1.54. The van der Waals surface area contributed by atoms with E-state index in [0.717, 1.165) is 0 Å². The lowest BCUT2D eigenvalue weighted by Gasteiger charge is -2.07. The van der Waals surface area contributed by atoms with Crippen LogP contribution in [-0.2, 0) is 0 Å². The van der Waals surface area contributed by atoms with E-state index in [1.807, 2.05) is 0 Å². The summed E-state index contributed by atoms with van der Waals surface area (Å²) in [4.78, 5) is 3.73. The molecule has 0 bridgehead atoms. The molecule has 1 aromatic carbocycles.